The van der Waals surface area contributed by atoms with Crippen molar-refractivity contribution in [3.8, 4) is 0 Å². The van der Waals surface area contributed by atoms with E-state index in [1.165, 1.54) is 6.07 Å². The van der Waals surface area contributed by atoms with Gasteiger partial charge in [0.1, 0.15) is 5.82 Å². The summed E-state index contributed by atoms with van der Waals surface area (Å²) in [5, 5.41) is 7.63. The summed E-state index contributed by atoms with van der Waals surface area (Å²) in [5.74, 6) is -0.255. The van der Waals surface area contributed by atoms with Gasteiger partial charge in [0.25, 0.3) is 0 Å². The van der Waals surface area contributed by atoms with E-state index in [1.807, 2.05) is 11.7 Å². The van der Waals surface area contributed by atoms with E-state index in [1.54, 1.807) is 12.1 Å². The number of rotatable bonds is 4. The van der Waals surface area contributed by atoms with Gasteiger partial charge in [-0.3, -0.25) is 4.68 Å². The number of anilines is 1. The quantitative estimate of drug-likeness (QED) is 0.936. The molecule has 0 amide bonds. The lowest BCUT2D eigenvalue weighted by atomic mass is 10.3. The molecule has 0 spiro atoms. The predicted molar refractivity (Wildman–Crippen MR) is 74.0 cm³/mol. The zero-order chi connectivity index (χ0) is 13.1. The Kier molecular flexibility index (Phi) is 4.01. The third kappa shape index (κ3) is 2.90. The number of hydrogen-bond acceptors (Lipinski definition) is 2. The van der Waals surface area contributed by atoms with E-state index < -0.39 is 0 Å². The van der Waals surface area contributed by atoms with Crippen molar-refractivity contribution in [1.82, 2.24) is 9.78 Å². The van der Waals surface area contributed by atoms with Crippen LogP contribution in [0.3, 0.4) is 0 Å². The number of nitrogens with zero attached hydrogens (tertiary/aromatic N) is 2. The van der Waals surface area contributed by atoms with Gasteiger partial charge in [0, 0.05) is 12.7 Å². The maximum absolute atomic E-state index is 13.1. The van der Waals surface area contributed by atoms with Crippen LogP contribution in [0.25, 0.3) is 0 Å². The molecule has 3 nitrogen and oxygen atoms in total. The predicted octanol–water partition coefficient (Wildman–Crippen LogP) is 3.50. The lowest BCUT2D eigenvalue weighted by Gasteiger charge is -2.07. The van der Waals surface area contributed by atoms with Gasteiger partial charge >= 0.3 is 0 Å². The molecule has 5 heteroatoms. The van der Waals surface area contributed by atoms with Crippen LogP contribution in [0.1, 0.15) is 18.3 Å². The van der Waals surface area contributed by atoms with Gasteiger partial charge in [0.2, 0.25) is 0 Å². The molecular weight excluding hydrogens is 297 g/mol. The zero-order valence-corrected chi connectivity index (χ0v) is 12.0. The number of halogens is 2. The molecule has 0 fully saturated rings. The summed E-state index contributed by atoms with van der Waals surface area (Å²) < 4.78 is 15.4. The van der Waals surface area contributed by atoms with Gasteiger partial charge in [0.05, 0.1) is 22.4 Å². The third-order valence-corrected chi connectivity index (χ3v) is 3.39. The highest BCUT2D eigenvalue weighted by Gasteiger charge is 2.04. The SMILES string of the molecule is CCc1cc(CNc2ccc(F)c(Br)c2)n(C)n1. The topological polar surface area (TPSA) is 29.9 Å². The highest BCUT2D eigenvalue weighted by Crippen LogP contribution is 2.20. The molecule has 0 bridgehead atoms. The molecule has 1 aromatic heterocycles. The Bertz CT molecular complexity index is 551. The first kappa shape index (κ1) is 13.1. The van der Waals surface area contributed by atoms with Crippen LogP contribution >= 0.6 is 15.9 Å². The highest BCUT2D eigenvalue weighted by atomic mass is 79.9. The molecule has 96 valence electrons. The molecule has 0 atom stereocenters. The summed E-state index contributed by atoms with van der Waals surface area (Å²) in [5.41, 5.74) is 3.06. The Labute approximate surface area is 114 Å². The summed E-state index contributed by atoms with van der Waals surface area (Å²) in [6, 6.07) is 6.96. The van der Waals surface area contributed by atoms with Crippen molar-refractivity contribution in [2.75, 3.05) is 5.32 Å². The first-order valence-corrected chi connectivity index (χ1v) is 6.60. The van der Waals surface area contributed by atoms with E-state index >= 15 is 0 Å². The minimum Gasteiger partial charge on any atom is -0.379 e. The molecule has 0 unspecified atom stereocenters. The van der Waals surface area contributed by atoms with Gasteiger partial charge in [-0.2, -0.15) is 5.10 Å². The minimum atomic E-state index is -0.255. The van der Waals surface area contributed by atoms with Gasteiger partial charge in [-0.15, -0.1) is 0 Å². The number of aromatic nitrogens is 2. The van der Waals surface area contributed by atoms with E-state index in [0.717, 1.165) is 23.5 Å². The first-order valence-electron chi connectivity index (χ1n) is 5.81. The minimum absolute atomic E-state index is 0.255. The Balaban J connectivity index is 2.06. The van der Waals surface area contributed by atoms with Crippen LogP contribution < -0.4 is 5.32 Å². The highest BCUT2D eigenvalue weighted by molar-refractivity contribution is 9.10. The summed E-state index contributed by atoms with van der Waals surface area (Å²) in [6.07, 6.45) is 0.927. The van der Waals surface area contributed by atoms with Crippen molar-refractivity contribution in [3.05, 3.63) is 45.9 Å². The van der Waals surface area contributed by atoms with Crippen molar-refractivity contribution in [2.45, 2.75) is 19.9 Å². The molecule has 1 aromatic carbocycles. The van der Waals surface area contributed by atoms with Crippen LogP contribution in [0.15, 0.2) is 28.7 Å². The molecule has 2 aromatic rings. The normalized spacial score (nSPS) is 10.7. The van der Waals surface area contributed by atoms with Crippen LogP contribution in [0.5, 0.6) is 0 Å². The molecule has 0 radical (unpaired) electrons. The van der Waals surface area contributed by atoms with E-state index in [4.69, 9.17) is 0 Å². The van der Waals surface area contributed by atoms with Gasteiger partial charge in [-0.05, 0) is 46.6 Å². The van der Waals surface area contributed by atoms with E-state index in [0.29, 0.717) is 11.0 Å². The molecule has 0 saturated carbocycles. The number of benzene rings is 1. The van der Waals surface area contributed by atoms with E-state index in [9.17, 15) is 4.39 Å². The van der Waals surface area contributed by atoms with Crippen molar-refractivity contribution >= 4 is 21.6 Å². The van der Waals surface area contributed by atoms with Crippen LogP contribution in [-0.4, -0.2) is 9.78 Å². The van der Waals surface area contributed by atoms with Crippen molar-refractivity contribution in [2.24, 2.45) is 7.05 Å². The molecule has 0 aliphatic heterocycles. The summed E-state index contributed by atoms with van der Waals surface area (Å²) >= 11 is 3.17. The second-order valence-electron chi connectivity index (χ2n) is 4.09. The monoisotopic (exact) mass is 311 g/mol. The molecular formula is C13H15BrFN3. The molecule has 0 aliphatic carbocycles. The molecule has 0 saturated heterocycles. The van der Waals surface area contributed by atoms with E-state index in [-0.39, 0.29) is 5.82 Å². The van der Waals surface area contributed by atoms with Gasteiger partial charge < -0.3 is 5.32 Å². The maximum atomic E-state index is 13.1. The molecule has 18 heavy (non-hydrogen) atoms. The average molecular weight is 312 g/mol. The summed E-state index contributed by atoms with van der Waals surface area (Å²) in [6.45, 7) is 2.75. The van der Waals surface area contributed by atoms with Crippen molar-refractivity contribution in [3.63, 3.8) is 0 Å². The van der Waals surface area contributed by atoms with Gasteiger partial charge in [0.15, 0.2) is 0 Å². The number of nitrogens with one attached hydrogen (secondary N) is 1. The molecule has 2 rings (SSSR count). The second-order valence-corrected chi connectivity index (χ2v) is 4.94. The average Bonchev–Trinajstić information content (AvgIpc) is 2.72. The Morgan fingerprint density at radius 1 is 1.39 bits per heavy atom. The standard InChI is InChI=1S/C13H15BrFN3/c1-3-9-6-11(18(2)17-9)8-16-10-4-5-13(15)12(14)7-10/h4-7,16H,3,8H2,1-2H3. The van der Waals surface area contributed by atoms with Gasteiger partial charge in [-0.25, -0.2) is 4.39 Å². The fraction of sp³-hybridized carbons (Fsp3) is 0.308. The Morgan fingerprint density at radius 3 is 2.78 bits per heavy atom. The fourth-order valence-electron chi connectivity index (χ4n) is 1.71. The molecule has 0 aliphatic rings. The second kappa shape index (κ2) is 5.52. The van der Waals surface area contributed by atoms with Crippen LogP contribution in [-0.2, 0) is 20.0 Å². The maximum Gasteiger partial charge on any atom is 0.137 e. The summed E-state index contributed by atoms with van der Waals surface area (Å²) in [7, 11) is 1.93. The zero-order valence-electron chi connectivity index (χ0n) is 10.4. The van der Waals surface area contributed by atoms with Crippen molar-refractivity contribution < 1.29 is 4.39 Å². The fourth-order valence-corrected chi connectivity index (χ4v) is 2.09. The Morgan fingerprint density at radius 2 is 2.17 bits per heavy atom. The lowest BCUT2D eigenvalue weighted by molar-refractivity contribution is 0.621. The third-order valence-electron chi connectivity index (χ3n) is 2.78. The first-order chi connectivity index (χ1) is 8.60. The van der Waals surface area contributed by atoms with Crippen LogP contribution in [0.2, 0.25) is 0 Å². The summed E-state index contributed by atoms with van der Waals surface area (Å²) in [4.78, 5) is 0. The van der Waals surface area contributed by atoms with Crippen LogP contribution in [0, 0.1) is 5.82 Å². The Hall–Kier alpha value is -1.36. The molecule has 1 heterocycles. The van der Waals surface area contributed by atoms with Gasteiger partial charge in [-0.1, -0.05) is 6.92 Å². The molecule has 1 N–H and O–H groups in total. The number of hydrogen-bond donors (Lipinski definition) is 1. The van der Waals surface area contributed by atoms with E-state index in [2.05, 4.69) is 39.3 Å². The largest absolute Gasteiger partial charge is 0.379 e. The smallest absolute Gasteiger partial charge is 0.137 e. The van der Waals surface area contributed by atoms with Crippen LogP contribution in [0.4, 0.5) is 10.1 Å². The van der Waals surface area contributed by atoms with Crippen molar-refractivity contribution in [1.29, 1.82) is 0 Å². The number of aryl methyl sites for hydroxylation is 2. The lowest BCUT2D eigenvalue weighted by Crippen LogP contribution is -2.05.